The first kappa shape index (κ1) is 14.0. The largest absolute Gasteiger partial charge is 0.451 e. The van der Waals surface area contributed by atoms with Crippen LogP contribution in [0.3, 0.4) is 0 Å². The maximum atomic E-state index is 12.3. The van der Waals surface area contributed by atoms with Gasteiger partial charge in [-0.1, -0.05) is 12.1 Å². The lowest BCUT2D eigenvalue weighted by Gasteiger charge is -2.05. The second-order valence-corrected chi connectivity index (χ2v) is 5.15. The van der Waals surface area contributed by atoms with E-state index in [1.807, 2.05) is 0 Å². The first-order valence-electron chi connectivity index (χ1n) is 7.07. The van der Waals surface area contributed by atoms with Gasteiger partial charge in [0.25, 0.3) is 5.91 Å². The number of aromatic amines is 1. The lowest BCUT2D eigenvalue weighted by molar-refractivity contribution is 0.0997. The number of amides is 1. The number of oxazole rings is 1. The number of benzene rings is 2. The maximum absolute atomic E-state index is 12.3. The molecule has 0 atom stereocenters. The normalized spacial score (nSPS) is 11.0. The topological polar surface area (TPSA) is 105 Å². The Hall–Kier alpha value is -3.61. The highest BCUT2D eigenvalue weighted by molar-refractivity contribution is 6.03. The molecule has 7 nitrogen and oxygen atoms in total. The van der Waals surface area contributed by atoms with Crippen LogP contribution in [0.5, 0.6) is 0 Å². The summed E-state index contributed by atoms with van der Waals surface area (Å²) < 4.78 is 10.4. The third-order valence-electron chi connectivity index (χ3n) is 3.54. The monoisotopic (exact) mass is 322 g/mol. The van der Waals surface area contributed by atoms with Crippen molar-refractivity contribution in [3.8, 4) is 0 Å². The van der Waals surface area contributed by atoms with E-state index in [1.54, 1.807) is 42.5 Å². The standard InChI is InChI=1S/C17H10N2O5/c20-12-8-15(23-13-4-2-1-3-10(12)13)16(21)18-9-5-6-14-11(7-9)19-17(22)24-14/h1-8H,(H,18,21)(H,19,22). The van der Waals surface area contributed by atoms with E-state index in [0.29, 0.717) is 27.8 Å². The predicted molar refractivity (Wildman–Crippen MR) is 87.3 cm³/mol. The number of para-hydroxylation sites is 1. The van der Waals surface area contributed by atoms with E-state index in [0.717, 1.165) is 6.07 Å². The minimum Gasteiger partial charge on any atom is -0.451 e. The molecule has 2 aromatic carbocycles. The number of aromatic nitrogens is 1. The zero-order chi connectivity index (χ0) is 16.7. The Balaban J connectivity index is 1.70. The Morgan fingerprint density at radius 2 is 1.79 bits per heavy atom. The second-order valence-electron chi connectivity index (χ2n) is 5.15. The fourth-order valence-corrected chi connectivity index (χ4v) is 2.44. The molecule has 0 aliphatic carbocycles. The molecule has 0 saturated heterocycles. The molecule has 1 amide bonds. The van der Waals surface area contributed by atoms with Crippen molar-refractivity contribution in [3.63, 3.8) is 0 Å². The van der Waals surface area contributed by atoms with Crippen molar-refractivity contribution in [1.82, 2.24) is 4.98 Å². The Morgan fingerprint density at radius 3 is 2.67 bits per heavy atom. The van der Waals surface area contributed by atoms with Gasteiger partial charge in [-0.3, -0.25) is 14.6 Å². The van der Waals surface area contributed by atoms with Gasteiger partial charge in [-0.15, -0.1) is 0 Å². The van der Waals surface area contributed by atoms with Gasteiger partial charge in [0.1, 0.15) is 5.58 Å². The van der Waals surface area contributed by atoms with Crippen LogP contribution in [0.4, 0.5) is 5.69 Å². The Bertz CT molecular complexity index is 1200. The SMILES string of the molecule is O=C(Nc1ccc2oc(=O)[nH]c2c1)c1cc(=O)c2ccccc2o1. The van der Waals surface area contributed by atoms with Gasteiger partial charge in [-0.2, -0.15) is 0 Å². The van der Waals surface area contributed by atoms with Crippen LogP contribution in [0.15, 0.2) is 67.0 Å². The van der Waals surface area contributed by atoms with Crippen molar-refractivity contribution in [2.75, 3.05) is 5.32 Å². The van der Waals surface area contributed by atoms with Crippen molar-refractivity contribution >= 4 is 33.7 Å². The molecule has 0 fully saturated rings. The molecule has 0 saturated carbocycles. The Labute approximate surface area is 133 Å². The summed E-state index contributed by atoms with van der Waals surface area (Å²) in [5.74, 6) is -1.24. The minimum absolute atomic E-state index is 0.0977. The number of carbonyl (C=O) groups is 1. The van der Waals surface area contributed by atoms with Gasteiger partial charge in [-0.25, -0.2) is 4.79 Å². The molecule has 2 aromatic heterocycles. The van der Waals surface area contributed by atoms with Gasteiger partial charge in [0, 0.05) is 11.8 Å². The number of hydrogen-bond donors (Lipinski definition) is 2. The summed E-state index contributed by atoms with van der Waals surface area (Å²) in [6.07, 6.45) is 0. The molecule has 0 spiro atoms. The molecule has 7 heteroatoms. The second kappa shape index (κ2) is 5.24. The van der Waals surface area contributed by atoms with E-state index in [-0.39, 0.29) is 11.2 Å². The number of H-pyrrole nitrogens is 1. The molecule has 2 heterocycles. The van der Waals surface area contributed by atoms with E-state index < -0.39 is 11.7 Å². The van der Waals surface area contributed by atoms with Crippen LogP contribution in [0.2, 0.25) is 0 Å². The van der Waals surface area contributed by atoms with Crippen LogP contribution in [0.1, 0.15) is 10.6 Å². The number of anilines is 1. The van der Waals surface area contributed by atoms with Crippen LogP contribution in [0.25, 0.3) is 22.1 Å². The fraction of sp³-hybridized carbons (Fsp3) is 0. The maximum Gasteiger partial charge on any atom is 0.417 e. The molecule has 0 radical (unpaired) electrons. The van der Waals surface area contributed by atoms with Gasteiger partial charge >= 0.3 is 5.76 Å². The first-order valence-corrected chi connectivity index (χ1v) is 7.07. The number of fused-ring (bicyclic) bond motifs is 2. The van der Waals surface area contributed by atoms with E-state index in [1.165, 1.54) is 0 Å². The van der Waals surface area contributed by atoms with Crippen LogP contribution in [-0.2, 0) is 0 Å². The van der Waals surface area contributed by atoms with Crippen LogP contribution in [0, 0.1) is 0 Å². The van der Waals surface area contributed by atoms with Crippen LogP contribution in [-0.4, -0.2) is 10.9 Å². The summed E-state index contributed by atoms with van der Waals surface area (Å²) in [5.41, 5.74) is 1.31. The molecule has 2 N–H and O–H groups in total. The van der Waals surface area contributed by atoms with Gasteiger partial charge in [0.05, 0.1) is 10.9 Å². The molecule has 0 aliphatic rings. The van der Waals surface area contributed by atoms with E-state index in [4.69, 9.17) is 8.83 Å². The third kappa shape index (κ3) is 2.38. The summed E-state index contributed by atoms with van der Waals surface area (Å²) in [5, 5.41) is 3.02. The van der Waals surface area contributed by atoms with Crippen molar-refractivity contribution in [2.24, 2.45) is 0 Å². The highest BCUT2D eigenvalue weighted by Crippen LogP contribution is 2.18. The highest BCUT2D eigenvalue weighted by atomic mass is 16.4. The van der Waals surface area contributed by atoms with Crippen molar-refractivity contribution in [1.29, 1.82) is 0 Å². The number of carbonyl (C=O) groups excluding carboxylic acids is 1. The summed E-state index contributed by atoms with van der Waals surface area (Å²) in [6, 6.07) is 12.5. The van der Waals surface area contributed by atoms with Crippen LogP contribution >= 0.6 is 0 Å². The van der Waals surface area contributed by atoms with Gasteiger partial charge in [0.2, 0.25) is 0 Å². The average Bonchev–Trinajstić information content (AvgIpc) is 2.94. The smallest absolute Gasteiger partial charge is 0.417 e. The minimum atomic E-state index is -0.575. The molecule has 0 bridgehead atoms. The predicted octanol–water partition coefficient (Wildman–Crippen LogP) is 2.48. The molecular weight excluding hydrogens is 312 g/mol. The van der Waals surface area contributed by atoms with Gasteiger partial charge in [-0.05, 0) is 30.3 Å². The lowest BCUT2D eigenvalue weighted by atomic mass is 10.2. The fourth-order valence-electron chi connectivity index (χ4n) is 2.44. The molecule has 4 aromatic rings. The zero-order valence-corrected chi connectivity index (χ0v) is 12.2. The Kier molecular flexibility index (Phi) is 3.06. The van der Waals surface area contributed by atoms with E-state index in [9.17, 15) is 14.4 Å². The number of nitrogens with one attached hydrogen (secondary N) is 2. The summed E-state index contributed by atoms with van der Waals surface area (Å²) in [6.45, 7) is 0. The number of rotatable bonds is 2. The van der Waals surface area contributed by atoms with Gasteiger partial charge in [0.15, 0.2) is 16.8 Å². The van der Waals surface area contributed by atoms with Crippen molar-refractivity contribution in [3.05, 3.63) is 75.1 Å². The van der Waals surface area contributed by atoms with E-state index in [2.05, 4.69) is 10.3 Å². The highest BCUT2D eigenvalue weighted by Gasteiger charge is 2.13. The third-order valence-corrected chi connectivity index (χ3v) is 3.54. The molecule has 4 rings (SSSR count). The van der Waals surface area contributed by atoms with Crippen molar-refractivity contribution < 1.29 is 13.6 Å². The number of hydrogen-bond acceptors (Lipinski definition) is 5. The lowest BCUT2D eigenvalue weighted by Crippen LogP contribution is -2.14. The zero-order valence-electron chi connectivity index (χ0n) is 12.2. The first-order chi connectivity index (χ1) is 11.6. The van der Waals surface area contributed by atoms with E-state index >= 15 is 0 Å². The Morgan fingerprint density at radius 1 is 0.958 bits per heavy atom. The van der Waals surface area contributed by atoms with Crippen molar-refractivity contribution in [2.45, 2.75) is 0 Å². The molecule has 118 valence electrons. The summed E-state index contributed by atoms with van der Waals surface area (Å²) in [4.78, 5) is 38.0. The molecule has 24 heavy (non-hydrogen) atoms. The molecular formula is C17H10N2O5. The summed E-state index contributed by atoms with van der Waals surface area (Å²) >= 11 is 0. The van der Waals surface area contributed by atoms with Gasteiger partial charge < -0.3 is 14.2 Å². The average molecular weight is 322 g/mol. The quantitative estimate of drug-likeness (QED) is 0.590. The summed E-state index contributed by atoms with van der Waals surface area (Å²) in [7, 11) is 0. The molecule has 0 unspecified atom stereocenters. The van der Waals surface area contributed by atoms with Crippen LogP contribution < -0.4 is 16.5 Å². The molecule has 0 aliphatic heterocycles.